The first-order valence-electron chi connectivity index (χ1n) is 24.1. The average molecular weight is 950 g/mol. The van der Waals surface area contributed by atoms with Gasteiger partial charge in [0.05, 0.1) is 51.2 Å². The molecule has 0 aliphatic heterocycles. The molecule has 9 aromatic carbocycles. The molecule has 0 amide bonds. The van der Waals surface area contributed by atoms with Gasteiger partial charge in [-0.25, -0.2) is 4.85 Å². The highest BCUT2D eigenvalue weighted by molar-refractivity contribution is 6.89. The van der Waals surface area contributed by atoms with Crippen LogP contribution in [-0.4, -0.2) is 20.5 Å². The van der Waals surface area contributed by atoms with E-state index in [0.29, 0.717) is 11.3 Å². The highest BCUT2D eigenvalue weighted by Gasteiger charge is 2.32. The Morgan fingerprint density at radius 3 is 1.27 bits per heavy atom. The van der Waals surface area contributed by atoms with E-state index in [0.717, 1.165) is 116 Å². The van der Waals surface area contributed by atoms with Crippen LogP contribution in [0.4, 0.5) is 39.8 Å². The number of rotatable bonds is 8. The van der Waals surface area contributed by atoms with Crippen molar-refractivity contribution in [2.75, 3.05) is 9.80 Å². The van der Waals surface area contributed by atoms with Crippen LogP contribution in [0, 0.1) is 17.9 Å². The number of aromatic nitrogens is 1. The van der Waals surface area contributed by atoms with E-state index in [2.05, 4.69) is 204 Å². The molecule has 7 nitrogen and oxygen atoms in total. The van der Waals surface area contributed by atoms with Crippen LogP contribution in [-0.2, 0) is 0 Å². The molecule has 0 aliphatic carbocycles. The van der Waals surface area contributed by atoms with Crippen LogP contribution in [0.3, 0.4) is 0 Å². The minimum absolute atomic E-state index is 0.587. The fourth-order valence-electron chi connectivity index (χ4n) is 10.9. The fourth-order valence-corrected chi connectivity index (χ4v) is 13.3. The molecule has 0 unspecified atom stereocenters. The monoisotopic (exact) mass is 949 g/mol. The van der Waals surface area contributed by atoms with Crippen LogP contribution in [0.2, 0.25) is 39.3 Å². The lowest BCUT2D eigenvalue weighted by atomic mass is 10.0. The molecule has 0 saturated carbocycles. The van der Waals surface area contributed by atoms with E-state index in [9.17, 15) is 5.26 Å². The van der Waals surface area contributed by atoms with Crippen LogP contribution < -0.4 is 20.2 Å². The summed E-state index contributed by atoms with van der Waals surface area (Å²) in [7, 11) is -3.25. The third-order valence-electron chi connectivity index (χ3n) is 14.4. The summed E-state index contributed by atoms with van der Waals surface area (Å²) in [5, 5.41) is 21.0. The van der Waals surface area contributed by atoms with E-state index in [1.54, 1.807) is 0 Å². The Morgan fingerprint density at radius 2 is 0.859 bits per heavy atom. The summed E-state index contributed by atoms with van der Waals surface area (Å²) >= 11 is 0. The normalized spacial score (nSPS) is 12.3. The summed E-state index contributed by atoms with van der Waals surface area (Å²) < 4.78 is 16.7. The van der Waals surface area contributed by atoms with Gasteiger partial charge in [0.15, 0.2) is 16.9 Å². The average Bonchev–Trinajstić information content (AvgIpc) is 4.14. The number of hydrogen-bond acceptors (Lipinski definition) is 5. The Labute approximate surface area is 412 Å². The second-order valence-corrected chi connectivity index (χ2v) is 30.9. The molecule has 4 aromatic heterocycles. The van der Waals surface area contributed by atoms with Crippen molar-refractivity contribution in [2.24, 2.45) is 0 Å². The van der Waals surface area contributed by atoms with E-state index < -0.39 is 16.1 Å². The second-order valence-electron chi connectivity index (χ2n) is 20.8. The Balaban J connectivity index is 1.22. The summed E-state index contributed by atoms with van der Waals surface area (Å²) in [6, 6.07) is 64.3. The molecule has 0 N–H and O–H groups in total. The molecule has 13 rings (SSSR count). The van der Waals surface area contributed by atoms with Gasteiger partial charge in [-0.1, -0.05) is 141 Å². The molecule has 0 saturated heterocycles. The molecule has 71 heavy (non-hydrogen) atoms. The Kier molecular flexibility index (Phi) is 9.25. The molecule has 4 heterocycles. The first kappa shape index (κ1) is 42.5. The first-order chi connectivity index (χ1) is 34.4. The van der Waals surface area contributed by atoms with E-state index >= 15 is 0 Å². The van der Waals surface area contributed by atoms with Crippen molar-refractivity contribution in [3.8, 4) is 6.07 Å². The molecule has 0 fully saturated rings. The minimum Gasteiger partial charge on any atom is -0.454 e. The van der Waals surface area contributed by atoms with Gasteiger partial charge >= 0.3 is 0 Å². The van der Waals surface area contributed by atoms with Gasteiger partial charge in [0.1, 0.15) is 22.2 Å². The van der Waals surface area contributed by atoms with E-state index in [4.69, 9.17) is 15.4 Å². The summed E-state index contributed by atoms with van der Waals surface area (Å²) in [5.41, 5.74) is 13.2. The van der Waals surface area contributed by atoms with Crippen LogP contribution in [0.25, 0.3) is 86.8 Å². The molecular weight excluding hydrogens is 903 g/mol. The fraction of sp³-hybridized carbons (Fsp3) is 0.0968. The maximum absolute atomic E-state index is 9.95. The van der Waals surface area contributed by atoms with Gasteiger partial charge in [0.2, 0.25) is 0 Å². The maximum atomic E-state index is 9.95. The molecular formula is C62H47N5O2Si2. The van der Waals surface area contributed by atoms with Crippen molar-refractivity contribution < 1.29 is 8.83 Å². The predicted molar refractivity (Wildman–Crippen MR) is 302 cm³/mol. The van der Waals surface area contributed by atoms with Crippen molar-refractivity contribution in [3.63, 3.8) is 0 Å². The first-order valence-corrected chi connectivity index (χ1v) is 31.1. The van der Waals surface area contributed by atoms with Gasteiger partial charge < -0.3 is 23.0 Å². The molecule has 340 valence electrons. The lowest BCUT2D eigenvalue weighted by Gasteiger charge is -2.28. The standard InChI is InChI=1S/C62H47N5O2Si2/c1-64-39-21-25-41(26-22-39)66(43-29-33-45(34-30-43)71(5,6)7)53-36-51-47-14-9-11-18-55(47)69-62(51)60-57(53)49-16-12-15-48-56-52(35-50-46-13-8-10-17-54(46)68-61(50)59(56)67(60)58(48)49)65(40-23-19-38(37-63)20-24-40)42-27-31-44(32-28-42)70(2,3)4/h8-36H,2-7H3. The third kappa shape index (κ3) is 6.44. The quantitative estimate of drug-likeness (QED) is 0.112. The van der Waals surface area contributed by atoms with Crippen molar-refractivity contribution in [1.82, 2.24) is 4.40 Å². The molecule has 0 radical (unpaired) electrons. The topological polar surface area (TPSA) is 65.3 Å². The lowest BCUT2D eigenvalue weighted by molar-refractivity contribution is 0.670. The van der Waals surface area contributed by atoms with Crippen molar-refractivity contribution in [2.45, 2.75) is 39.3 Å². The second kappa shape index (κ2) is 15.4. The number of furan rings is 2. The van der Waals surface area contributed by atoms with Gasteiger partial charge in [0.25, 0.3) is 0 Å². The minimum atomic E-state index is -1.63. The highest BCUT2D eigenvalue weighted by Crippen LogP contribution is 2.54. The van der Waals surface area contributed by atoms with Crippen molar-refractivity contribution in [1.29, 1.82) is 5.26 Å². The lowest BCUT2D eigenvalue weighted by Crippen LogP contribution is -2.37. The third-order valence-corrected chi connectivity index (χ3v) is 18.6. The highest BCUT2D eigenvalue weighted by atomic mass is 28.3. The molecule has 13 aromatic rings. The zero-order chi connectivity index (χ0) is 48.5. The van der Waals surface area contributed by atoms with Crippen LogP contribution >= 0.6 is 0 Å². The van der Waals surface area contributed by atoms with Crippen LogP contribution in [0.5, 0.6) is 0 Å². The van der Waals surface area contributed by atoms with Crippen molar-refractivity contribution in [3.05, 3.63) is 193 Å². The number of hydrogen-bond donors (Lipinski definition) is 0. The number of nitriles is 1. The number of nitrogens with zero attached hydrogens (tertiary/aromatic N) is 5. The Morgan fingerprint density at radius 1 is 0.465 bits per heavy atom. The zero-order valence-electron chi connectivity index (χ0n) is 40.3. The van der Waals surface area contributed by atoms with Crippen LogP contribution in [0.1, 0.15) is 5.56 Å². The summed E-state index contributed by atoms with van der Waals surface area (Å²) in [4.78, 5) is 8.48. The van der Waals surface area contributed by atoms with Gasteiger partial charge in [-0.05, 0) is 84.9 Å². The SMILES string of the molecule is [C-]#[N+]c1ccc(N(c2ccc([Si](C)(C)C)cc2)c2cc3c4ccccc4oc3c3c2c2cccc4c5c(N(c6ccc(C#N)cc6)c6ccc([Si](C)(C)C)cc6)cc6c7ccccc7oc6c5n3c42)cc1. The summed E-state index contributed by atoms with van der Waals surface area (Å²) in [6.07, 6.45) is 0. The maximum Gasteiger partial charge on any atom is 0.187 e. The summed E-state index contributed by atoms with van der Waals surface area (Å²) in [6.45, 7) is 22.1. The van der Waals surface area contributed by atoms with E-state index in [-0.39, 0.29) is 0 Å². The Bertz CT molecular complexity index is 4090. The number of anilines is 6. The molecule has 0 spiro atoms. The van der Waals surface area contributed by atoms with Gasteiger partial charge in [-0.2, -0.15) is 5.26 Å². The summed E-state index contributed by atoms with van der Waals surface area (Å²) in [5.74, 6) is 0. The van der Waals surface area contributed by atoms with Gasteiger partial charge in [-0.3, -0.25) is 0 Å². The molecule has 9 heteroatoms. The molecule has 0 aliphatic rings. The Hall–Kier alpha value is -8.61. The molecule has 0 atom stereocenters. The largest absolute Gasteiger partial charge is 0.454 e. The van der Waals surface area contributed by atoms with Crippen LogP contribution in [0.15, 0.2) is 185 Å². The number of fused-ring (bicyclic) bond motifs is 14. The van der Waals surface area contributed by atoms with Gasteiger partial charge in [0, 0.05) is 65.8 Å². The van der Waals surface area contributed by atoms with E-state index in [1.807, 2.05) is 36.4 Å². The van der Waals surface area contributed by atoms with Gasteiger partial charge in [-0.15, -0.1) is 0 Å². The smallest absolute Gasteiger partial charge is 0.187 e. The van der Waals surface area contributed by atoms with E-state index in [1.165, 1.54) is 10.4 Å². The zero-order valence-corrected chi connectivity index (χ0v) is 42.3. The number of para-hydroxylation sites is 3. The van der Waals surface area contributed by atoms with Crippen molar-refractivity contribution >= 4 is 148 Å². The number of benzene rings is 9. The predicted octanol–water partition coefficient (Wildman–Crippen LogP) is 17.1. The molecule has 0 bridgehead atoms.